The minimum atomic E-state index is -0.104. The van der Waals surface area contributed by atoms with E-state index in [0.29, 0.717) is 24.7 Å². The van der Waals surface area contributed by atoms with Gasteiger partial charge < -0.3 is 14.1 Å². The summed E-state index contributed by atoms with van der Waals surface area (Å²) in [5.74, 6) is 2.47. The summed E-state index contributed by atoms with van der Waals surface area (Å²) in [4.78, 5) is 23.4. The number of fused-ring (bicyclic) bond motifs is 3. The van der Waals surface area contributed by atoms with Crippen LogP contribution >= 0.6 is 11.3 Å². The van der Waals surface area contributed by atoms with Gasteiger partial charge in [-0.15, -0.1) is 11.3 Å². The average Bonchev–Trinajstić information content (AvgIpc) is 3.47. The highest BCUT2D eigenvalue weighted by Crippen LogP contribution is 2.41. The van der Waals surface area contributed by atoms with Gasteiger partial charge in [0.2, 0.25) is 0 Å². The molecule has 0 amide bonds. The number of aromatic nitrogens is 4. The predicted octanol–water partition coefficient (Wildman–Crippen LogP) is 4.20. The standard InChI is InChI=1S/C22H21N5O2S/c1-2-6-18-14(4-1)19-21(27-9-11-29-17(13-27)16-5-3-10-28-16)25-20(26-22(19)30-18)15-12-23-7-8-24-15/h3,5,7-8,10,12,17H,1-2,4,6,9,11,13H2. The van der Waals surface area contributed by atoms with Crippen LogP contribution < -0.4 is 4.90 Å². The van der Waals surface area contributed by atoms with Gasteiger partial charge in [0.1, 0.15) is 28.2 Å². The van der Waals surface area contributed by atoms with Crippen LogP contribution in [0.2, 0.25) is 0 Å². The van der Waals surface area contributed by atoms with Gasteiger partial charge in [-0.2, -0.15) is 0 Å². The molecular weight excluding hydrogens is 398 g/mol. The summed E-state index contributed by atoms with van der Waals surface area (Å²) in [5.41, 5.74) is 2.13. The molecule has 8 heteroatoms. The maximum absolute atomic E-state index is 6.00. The quantitative estimate of drug-likeness (QED) is 0.492. The minimum absolute atomic E-state index is 0.104. The lowest BCUT2D eigenvalue weighted by molar-refractivity contribution is 0.0256. The summed E-state index contributed by atoms with van der Waals surface area (Å²) in [5, 5.41) is 1.21. The number of thiophene rings is 1. The molecule has 1 aliphatic heterocycles. The molecule has 152 valence electrons. The lowest BCUT2D eigenvalue weighted by atomic mass is 9.96. The van der Waals surface area contributed by atoms with Crippen LogP contribution in [0.5, 0.6) is 0 Å². The number of anilines is 1. The van der Waals surface area contributed by atoms with Crippen LogP contribution in [0, 0.1) is 0 Å². The van der Waals surface area contributed by atoms with Gasteiger partial charge in [0.05, 0.1) is 31.0 Å². The number of nitrogens with zero attached hydrogens (tertiary/aromatic N) is 5. The topological polar surface area (TPSA) is 77.2 Å². The molecule has 0 N–H and O–H groups in total. The van der Waals surface area contributed by atoms with Crippen LogP contribution in [0.15, 0.2) is 41.4 Å². The fourth-order valence-corrected chi connectivity index (χ4v) is 5.64. The molecule has 2 aliphatic rings. The van der Waals surface area contributed by atoms with Gasteiger partial charge in [-0.25, -0.2) is 15.0 Å². The monoisotopic (exact) mass is 419 g/mol. The minimum Gasteiger partial charge on any atom is -0.467 e. The number of rotatable bonds is 3. The van der Waals surface area contributed by atoms with E-state index in [2.05, 4.69) is 14.9 Å². The number of morpholine rings is 1. The molecule has 5 heterocycles. The smallest absolute Gasteiger partial charge is 0.183 e. The Kier molecular flexibility index (Phi) is 4.46. The van der Waals surface area contributed by atoms with Crippen molar-refractivity contribution in [3.8, 4) is 11.5 Å². The van der Waals surface area contributed by atoms with E-state index >= 15 is 0 Å². The van der Waals surface area contributed by atoms with Crippen molar-refractivity contribution in [3.05, 3.63) is 53.2 Å². The van der Waals surface area contributed by atoms with Gasteiger partial charge in [-0.1, -0.05) is 0 Å². The molecule has 1 saturated heterocycles. The average molecular weight is 420 g/mol. The number of furan rings is 1. The molecule has 1 unspecified atom stereocenters. The maximum atomic E-state index is 6.00. The van der Waals surface area contributed by atoms with Gasteiger partial charge in [0, 0.05) is 23.8 Å². The Hall–Kier alpha value is -2.84. The second-order valence-electron chi connectivity index (χ2n) is 7.67. The van der Waals surface area contributed by atoms with E-state index in [1.54, 1.807) is 24.9 Å². The first kappa shape index (κ1) is 18.0. The van der Waals surface area contributed by atoms with E-state index in [0.717, 1.165) is 35.8 Å². The zero-order valence-electron chi connectivity index (χ0n) is 16.5. The molecule has 0 spiro atoms. The fourth-order valence-electron chi connectivity index (χ4n) is 4.38. The van der Waals surface area contributed by atoms with Gasteiger partial charge in [-0.05, 0) is 43.4 Å². The SMILES string of the molecule is c1coc(C2CN(c3nc(-c4cnccn4)nc4sc5c(c34)CCCC5)CCO2)c1. The third kappa shape index (κ3) is 3.07. The normalized spacial score (nSPS) is 19.2. The molecular formula is C22H21N5O2S. The molecule has 6 rings (SSSR count). The molecule has 1 atom stereocenters. The van der Waals surface area contributed by atoms with E-state index in [9.17, 15) is 0 Å². The van der Waals surface area contributed by atoms with Crippen LogP contribution in [-0.2, 0) is 17.6 Å². The number of ether oxygens (including phenoxy) is 1. The van der Waals surface area contributed by atoms with Crippen LogP contribution in [0.3, 0.4) is 0 Å². The van der Waals surface area contributed by atoms with Crippen molar-refractivity contribution in [3.63, 3.8) is 0 Å². The summed E-state index contributed by atoms with van der Waals surface area (Å²) in [6.45, 7) is 2.11. The van der Waals surface area contributed by atoms with Crippen molar-refractivity contribution in [2.75, 3.05) is 24.6 Å². The molecule has 30 heavy (non-hydrogen) atoms. The van der Waals surface area contributed by atoms with E-state index < -0.39 is 0 Å². The molecule has 1 fully saturated rings. The zero-order chi connectivity index (χ0) is 19.9. The van der Waals surface area contributed by atoms with Crippen molar-refractivity contribution in [1.82, 2.24) is 19.9 Å². The first-order chi connectivity index (χ1) is 14.9. The van der Waals surface area contributed by atoms with E-state index in [1.165, 1.54) is 28.7 Å². The molecule has 0 aromatic carbocycles. The third-order valence-corrected chi connectivity index (χ3v) is 7.00. The molecule has 0 radical (unpaired) electrons. The Morgan fingerprint density at radius 3 is 2.97 bits per heavy atom. The summed E-state index contributed by atoms with van der Waals surface area (Å²) < 4.78 is 11.6. The number of hydrogen-bond acceptors (Lipinski definition) is 8. The Bertz CT molecular complexity index is 1180. The fraction of sp³-hybridized carbons (Fsp3) is 0.364. The molecule has 4 aromatic heterocycles. The summed E-state index contributed by atoms with van der Waals surface area (Å²) >= 11 is 1.81. The van der Waals surface area contributed by atoms with Crippen molar-refractivity contribution in [1.29, 1.82) is 0 Å². The number of aryl methyl sites for hydroxylation is 2. The van der Waals surface area contributed by atoms with Gasteiger partial charge in [0.15, 0.2) is 5.82 Å². The van der Waals surface area contributed by atoms with Crippen LogP contribution in [0.1, 0.15) is 35.1 Å². The highest BCUT2D eigenvalue weighted by molar-refractivity contribution is 7.19. The summed E-state index contributed by atoms with van der Waals surface area (Å²) in [6, 6.07) is 3.88. The second-order valence-corrected chi connectivity index (χ2v) is 8.76. The first-order valence-corrected chi connectivity index (χ1v) is 11.2. The Balaban J connectivity index is 1.49. The van der Waals surface area contributed by atoms with E-state index in [-0.39, 0.29) is 6.10 Å². The number of hydrogen-bond donors (Lipinski definition) is 0. The van der Waals surface area contributed by atoms with Gasteiger partial charge in [-0.3, -0.25) is 4.98 Å². The second kappa shape index (κ2) is 7.45. The van der Waals surface area contributed by atoms with Gasteiger partial charge in [0.25, 0.3) is 0 Å². The van der Waals surface area contributed by atoms with Crippen molar-refractivity contribution in [2.24, 2.45) is 0 Å². The lowest BCUT2D eigenvalue weighted by Crippen LogP contribution is -2.39. The van der Waals surface area contributed by atoms with Crippen LogP contribution in [0.25, 0.3) is 21.7 Å². The highest BCUT2D eigenvalue weighted by Gasteiger charge is 2.29. The van der Waals surface area contributed by atoms with Gasteiger partial charge >= 0.3 is 0 Å². The zero-order valence-corrected chi connectivity index (χ0v) is 17.3. The highest BCUT2D eigenvalue weighted by atomic mass is 32.1. The molecule has 0 bridgehead atoms. The molecule has 7 nitrogen and oxygen atoms in total. The Morgan fingerprint density at radius 1 is 1.13 bits per heavy atom. The van der Waals surface area contributed by atoms with E-state index in [1.807, 2.05) is 23.5 Å². The lowest BCUT2D eigenvalue weighted by Gasteiger charge is -2.33. The first-order valence-electron chi connectivity index (χ1n) is 10.4. The van der Waals surface area contributed by atoms with Crippen molar-refractivity contribution in [2.45, 2.75) is 31.8 Å². The molecule has 0 saturated carbocycles. The molecule has 4 aromatic rings. The maximum Gasteiger partial charge on any atom is 0.183 e. The Morgan fingerprint density at radius 2 is 2.10 bits per heavy atom. The van der Waals surface area contributed by atoms with Crippen molar-refractivity contribution >= 4 is 27.4 Å². The van der Waals surface area contributed by atoms with Crippen LogP contribution in [0.4, 0.5) is 5.82 Å². The largest absolute Gasteiger partial charge is 0.467 e. The summed E-state index contributed by atoms with van der Waals surface area (Å²) in [7, 11) is 0. The summed E-state index contributed by atoms with van der Waals surface area (Å²) in [6.07, 6.45) is 11.4. The third-order valence-electron chi connectivity index (χ3n) is 5.81. The van der Waals surface area contributed by atoms with Crippen LogP contribution in [-0.4, -0.2) is 39.6 Å². The predicted molar refractivity (Wildman–Crippen MR) is 115 cm³/mol. The molecule has 1 aliphatic carbocycles. The Labute approximate surface area is 177 Å². The van der Waals surface area contributed by atoms with Crippen molar-refractivity contribution < 1.29 is 9.15 Å². The van der Waals surface area contributed by atoms with E-state index in [4.69, 9.17) is 19.1 Å².